The van der Waals surface area contributed by atoms with Crippen LogP contribution in [-0.4, -0.2) is 19.1 Å². The van der Waals surface area contributed by atoms with Crippen LogP contribution in [0.15, 0.2) is 29.6 Å². The predicted molar refractivity (Wildman–Crippen MR) is 68.2 cm³/mol. The van der Waals surface area contributed by atoms with E-state index in [0.717, 1.165) is 16.6 Å². The molecule has 0 bridgehead atoms. The molecule has 1 heterocycles. The minimum atomic E-state index is 0.523. The highest BCUT2D eigenvalue weighted by atomic mass is 35.5. The zero-order chi connectivity index (χ0) is 11.5. The second-order valence-electron chi connectivity index (χ2n) is 3.21. The topological polar surface area (TPSA) is 25.4 Å². The third kappa shape index (κ3) is 2.28. The van der Waals surface area contributed by atoms with Gasteiger partial charge in [-0.1, -0.05) is 17.7 Å². The smallest absolute Gasteiger partial charge is 0.191 e. The Morgan fingerprint density at radius 3 is 2.88 bits per heavy atom. The summed E-state index contributed by atoms with van der Waals surface area (Å²) in [7, 11) is 3.60. The summed E-state index contributed by atoms with van der Waals surface area (Å²) >= 11 is 7.31. The maximum absolute atomic E-state index is 5.80. The van der Waals surface area contributed by atoms with Gasteiger partial charge in [-0.25, -0.2) is 4.98 Å². The minimum Gasteiger partial charge on any atom is -0.497 e. The number of halogens is 1. The summed E-state index contributed by atoms with van der Waals surface area (Å²) in [6.07, 6.45) is 0. The fourth-order valence-electron chi connectivity index (χ4n) is 1.33. The molecule has 5 heteroatoms. The number of anilines is 2. The molecule has 2 aromatic rings. The number of aromatic nitrogens is 1. The molecule has 0 saturated heterocycles. The predicted octanol–water partition coefficient (Wildman–Crippen LogP) is 3.57. The first-order valence-corrected chi connectivity index (χ1v) is 5.95. The van der Waals surface area contributed by atoms with Crippen LogP contribution < -0.4 is 9.64 Å². The van der Waals surface area contributed by atoms with Gasteiger partial charge in [-0.2, -0.15) is 0 Å². The highest BCUT2D eigenvalue weighted by molar-refractivity contribution is 7.14. The first kappa shape index (κ1) is 11.2. The van der Waals surface area contributed by atoms with E-state index in [2.05, 4.69) is 4.98 Å². The Bertz CT molecular complexity index is 486. The average molecular weight is 255 g/mol. The Kier molecular flexibility index (Phi) is 3.31. The number of hydrogen-bond donors (Lipinski definition) is 0. The SMILES string of the molecule is COc1cccc(N(C)c2nc(Cl)cs2)c1. The third-order valence-corrected chi connectivity index (χ3v) is 3.43. The van der Waals surface area contributed by atoms with Gasteiger partial charge in [-0.3, -0.25) is 0 Å². The number of ether oxygens (including phenoxy) is 1. The van der Waals surface area contributed by atoms with Crippen LogP contribution in [0.2, 0.25) is 5.15 Å². The van der Waals surface area contributed by atoms with E-state index in [4.69, 9.17) is 16.3 Å². The van der Waals surface area contributed by atoms with E-state index in [1.54, 1.807) is 7.11 Å². The third-order valence-electron chi connectivity index (χ3n) is 2.19. The van der Waals surface area contributed by atoms with Gasteiger partial charge in [-0.05, 0) is 12.1 Å². The highest BCUT2D eigenvalue weighted by Gasteiger charge is 2.08. The van der Waals surface area contributed by atoms with Gasteiger partial charge >= 0.3 is 0 Å². The number of nitrogens with zero attached hydrogens (tertiary/aromatic N) is 2. The Balaban J connectivity index is 2.29. The summed E-state index contributed by atoms with van der Waals surface area (Å²) in [6, 6.07) is 7.80. The number of thiazole rings is 1. The molecule has 0 aliphatic carbocycles. The fourth-order valence-corrected chi connectivity index (χ4v) is 2.26. The first-order valence-electron chi connectivity index (χ1n) is 4.69. The maximum Gasteiger partial charge on any atom is 0.191 e. The molecule has 0 atom stereocenters. The molecule has 0 aliphatic heterocycles. The summed E-state index contributed by atoms with van der Waals surface area (Å²) in [6.45, 7) is 0. The standard InChI is InChI=1S/C11H11ClN2OS/c1-14(11-13-10(12)7-16-11)8-4-3-5-9(6-8)15-2/h3-7H,1-2H3. The van der Waals surface area contributed by atoms with Crippen molar-refractivity contribution in [3.8, 4) is 5.75 Å². The van der Waals surface area contributed by atoms with Crippen LogP contribution in [0.3, 0.4) is 0 Å². The van der Waals surface area contributed by atoms with E-state index in [1.165, 1.54) is 11.3 Å². The second-order valence-corrected chi connectivity index (χ2v) is 4.44. The van der Waals surface area contributed by atoms with Crippen molar-refractivity contribution in [2.75, 3.05) is 19.1 Å². The molecule has 0 aliphatic rings. The van der Waals surface area contributed by atoms with Gasteiger partial charge < -0.3 is 9.64 Å². The lowest BCUT2D eigenvalue weighted by Crippen LogP contribution is -2.08. The second kappa shape index (κ2) is 4.72. The van der Waals surface area contributed by atoms with Gasteiger partial charge in [0.05, 0.1) is 7.11 Å². The molecular formula is C11H11ClN2OS. The molecule has 0 amide bonds. The molecule has 1 aromatic carbocycles. The van der Waals surface area contributed by atoms with Gasteiger partial charge in [0.15, 0.2) is 5.13 Å². The molecule has 1 aromatic heterocycles. The van der Waals surface area contributed by atoms with Crippen LogP contribution in [0.4, 0.5) is 10.8 Å². The molecule has 0 spiro atoms. The first-order chi connectivity index (χ1) is 7.70. The summed E-state index contributed by atoms with van der Waals surface area (Å²) in [5.41, 5.74) is 1.02. The molecule has 3 nitrogen and oxygen atoms in total. The monoisotopic (exact) mass is 254 g/mol. The van der Waals surface area contributed by atoms with Crippen molar-refractivity contribution in [1.29, 1.82) is 0 Å². The molecule has 2 rings (SSSR count). The van der Waals surface area contributed by atoms with Crippen LogP contribution in [0.5, 0.6) is 5.75 Å². The summed E-state index contributed by atoms with van der Waals surface area (Å²) in [4.78, 5) is 6.18. The normalized spacial score (nSPS) is 10.2. The van der Waals surface area contributed by atoms with E-state index in [0.29, 0.717) is 5.15 Å². The molecule has 0 N–H and O–H groups in total. The van der Waals surface area contributed by atoms with E-state index < -0.39 is 0 Å². The molecule has 0 unspecified atom stereocenters. The number of rotatable bonds is 3. The van der Waals surface area contributed by atoms with Gasteiger partial charge in [-0.15, -0.1) is 11.3 Å². The van der Waals surface area contributed by atoms with Gasteiger partial charge in [0, 0.05) is 24.2 Å². The summed E-state index contributed by atoms with van der Waals surface area (Å²) in [5, 5.41) is 3.20. The molecule has 16 heavy (non-hydrogen) atoms. The maximum atomic E-state index is 5.80. The zero-order valence-electron chi connectivity index (χ0n) is 8.98. The fraction of sp³-hybridized carbons (Fsp3) is 0.182. The molecule has 0 fully saturated rings. The van der Waals surface area contributed by atoms with Crippen LogP contribution >= 0.6 is 22.9 Å². The van der Waals surface area contributed by atoms with Crippen molar-refractivity contribution in [2.45, 2.75) is 0 Å². The highest BCUT2D eigenvalue weighted by Crippen LogP contribution is 2.30. The van der Waals surface area contributed by atoms with E-state index in [-0.39, 0.29) is 0 Å². The lowest BCUT2D eigenvalue weighted by Gasteiger charge is -2.16. The van der Waals surface area contributed by atoms with Crippen molar-refractivity contribution in [3.63, 3.8) is 0 Å². The summed E-state index contributed by atoms with van der Waals surface area (Å²) < 4.78 is 5.18. The Morgan fingerprint density at radius 1 is 1.44 bits per heavy atom. The summed E-state index contributed by atoms with van der Waals surface area (Å²) in [5.74, 6) is 0.826. The molecular weight excluding hydrogens is 244 g/mol. The van der Waals surface area contributed by atoms with Crippen LogP contribution in [0.1, 0.15) is 0 Å². The molecule has 84 valence electrons. The van der Waals surface area contributed by atoms with Gasteiger partial charge in [0.1, 0.15) is 10.9 Å². The number of methoxy groups -OCH3 is 1. The van der Waals surface area contributed by atoms with E-state index >= 15 is 0 Å². The van der Waals surface area contributed by atoms with Crippen molar-refractivity contribution >= 4 is 33.8 Å². The Labute approximate surface area is 103 Å². The van der Waals surface area contributed by atoms with Crippen molar-refractivity contribution in [2.24, 2.45) is 0 Å². The van der Waals surface area contributed by atoms with Crippen molar-refractivity contribution in [3.05, 3.63) is 34.8 Å². The average Bonchev–Trinajstić information content (AvgIpc) is 2.75. The van der Waals surface area contributed by atoms with Crippen LogP contribution in [0, 0.1) is 0 Å². The molecule has 0 radical (unpaired) electrons. The van der Waals surface area contributed by atoms with Crippen LogP contribution in [0.25, 0.3) is 0 Å². The van der Waals surface area contributed by atoms with E-state index in [9.17, 15) is 0 Å². The lowest BCUT2D eigenvalue weighted by atomic mass is 10.3. The number of hydrogen-bond acceptors (Lipinski definition) is 4. The molecule has 0 saturated carbocycles. The number of benzene rings is 1. The minimum absolute atomic E-state index is 0.523. The van der Waals surface area contributed by atoms with Gasteiger partial charge in [0.25, 0.3) is 0 Å². The van der Waals surface area contributed by atoms with Crippen LogP contribution in [-0.2, 0) is 0 Å². The van der Waals surface area contributed by atoms with Gasteiger partial charge in [0.2, 0.25) is 0 Å². The Morgan fingerprint density at radius 2 is 2.25 bits per heavy atom. The van der Waals surface area contributed by atoms with Crippen molar-refractivity contribution in [1.82, 2.24) is 4.98 Å². The van der Waals surface area contributed by atoms with Crippen molar-refractivity contribution < 1.29 is 4.74 Å². The largest absolute Gasteiger partial charge is 0.497 e. The lowest BCUT2D eigenvalue weighted by molar-refractivity contribution is 0.415. The quantitative estimate of drug-likeness (QED) is 0.837. The Hall–Kier alpha value is -1.26. The zero-order valence-corrected chi connectivity index (χ0v) is 10.5. The van der Waals surface area contributed by atoms with E-state index in [1.807, 2.05) is 41.6 Å².